The van der Waals surface area contributed by atoms with Crippen molar-refractivity contribution in [2.75, 3.05) is 5.73 Å². The number of nitrogens with two attached hydrogens (primary N) is 1. The molecule has 2 rings (SSSR count). The van der Waals surface area contributed by atoms with E-state index in [1.807, 2.05) is 30.1 Å². The van der Waals surface area contributed by atoms with Crippen molar-refractivity contribution in [3.8, 4) is 17.2 Å². The van der Waals surface area contributed by atoms with Crippen molar-refractivity contribution < 1.29 is 0 Å². The molecule has 0 saturated heterocycles. The van der Waals surface area contributed by atoms with Crippen LogP contribution >= 0.6 is 0 Å². The van der Waals surface area contributed by atoms with Gasteiger partial charge in [0.25, 0.3) is 0 Å². The molecule has 0 aliphatic carbocycles. The Morgan fingerprint density at radius 3 is 2.93 bits per heavy atom. The lowest BCUT2D eigenvalue weighted by Crippen LogP contribution is -1.87. The zero-order valence-corrected chi connectivity index (χ0v) is 7.78. The summed E-state index contributed by atoms with van der Waals surface area (Å²) in [7, 11) is 1.94. The smallest absolute Gasteiger partial charge is 0.119 e. The molecule has 70 valence electrons. The number of aromatic nitrogens is 2. The van der Waals surface area contributed by atoms with Crippen LogP contribution in [0.25, 0.3) is 11.1 Å². The Kier molecular flexibility index (Phi) is 1.79. The lowest BCUT2D eigenvalue weighted by Gasteiger charge is -1.93. The molecule has 2 heterocycles. The number of nitrogen functional groups attached to an aromatic ring is 1. The predicted octanol–water partition coefficient (Wildman–Crippen LogP) is 1.47. The topological polar surface area (TPSA) is 70.5 Å². The first-order chi connectivity index (χ1) is 6.72. The molecule has 0 saturated carbocycles. The fraction of sp³-hybridized carbons (Fsp3) is 0.100. The lowest BCUT2D eigenvalue weighted by atomic mass is 10.1. The predicted molar refractivity (Wildman–Crippen MR) is 54.3 cm³/mol. The fourth-order valence-corrected chi connectivity index (χ4v) is 1.45. The van der Waals surface area contributed by atoms with Crippen molar-refractivity contribution in [3.63, 3.8) is 0 Å². The number of hydrogen-bond donors (Lipinski definition) is 2. The third-order valence-corrected chi connectivity index (χ3v) is 2.17. The molecular formula is C10H10N4. The van der Waals surface area contributed by atoms with Gasteiger partial charge >= 0.3 is 0 Å². The van der Waals surface area contributed by atoms with Gasteiger partial charge in [-0.15, -0.1) is 0 Å². The van der Waals surface area contributed by atoms with Crippen molar-refractivity contribution in [1.82, 2.24) is 9.55 Å². The normalized spacial score (nSPS) is 10.0. The van der Waals surface area contributed by atoms with E-state index in [9.17, 15) is 0 Å². The molecule has 0 aliphatic heterocycles. The highest BCUT2D eigenvalue weighted by atomic mass is 14.9. The van der Waals surface area contributed by atoms with Crippen molar-refractivity contribution in [3.05, 3.63) is 30.2 Å². The zero-order valence-electron chi connectivity index (χ0n) is 7.78. The summed E-state index contributed by atoms with van der Waals surface area (Å²) in [6, 6.07) is 4.03. The maximum absolute atomic E-state index is 8.90. The van der Waals surface area contributed by atoms with Gasteiger partial charge in [-0.05, 0) is 6.07 Å². The summed E-state index contributed by atoms with van der Waals surface area (Å²) in [6.07, 6.45) is 5.63. The van der Waals surface area contributed by atoms with Crippen molar-refractivity contribution in [2.24, 2.45) is 7.05 Å². The van der Waals surface area contributed by atoms with E-state index >= 15 is 0 Å². The number of nitriles is 1. The quantitative estimate of drug-likeness (QED) is 0.708. The minimum absolute atomic E-state index is 0.423. The van der Waals surface area contributed by atoms with Gasteiger partial charge in [0.05, 0.1) is 0 Å². The molecule has 0 radical (unpaired) electrons. The highest BCUT2D eigenvalue weighted by Gasteiger charge is 2.10. The summed E-state index contributed by atoms with van der Waals surface area (Å²) in [5.41, 5.74) is 7.97. The molecule has 2 aromatic rings. The Balaban J connectivity index is 2.58. The number of nitrogens with one attached hydrogen (secondary N) is 1. The van der Waals surface area contributed by atoms with Gasteiger partial charge in [0.1, 0.15) is 17.5 Å². The Labute approximate surface area is 81.6 Å². The maximum Gasteiger partial charge on any atom is 0.119 e. The number of aromatic amines is 1. The van der Waals surface area contributed by atoms with Gasteiger partial charge in [-0.3, -0.25) is 0 Å². The van der Waals surface area contributed by atoms with E-state index in [0.29, 0.717) is 11.4 Å². The van der Waals surface area contributed by atoms with Crippen LogP contribution in [0.15, 0.2) is 24.7 Å². The summed E-state index contributed by atoms with van der Waals surface area (Å²) in [6.45, 7) is 0. The molecule has 0 unspecified atom stereocenters. The minimum atomic E-state index is 0.423. The summed E-state index contributed by atoms with van der Waals surface area (Å²) in [5, 5.41) is 8.90. The summed E-state index contributed by atoms with van der Waals surface area (Å²) >= 11 is 0. The van der Waals surface area contributed by atoms with Crippen LogP contribution in [-0.2, 0) is 7.05 Å². The minimum Gasteiger partial charge on any atom is -0.384 e. The number of H-pyrrole nitrogens is 1. The Morgan fingerprint density at radius 1 is 1.57 bits per heavy atom. The number of rotatable bonds is 1. The molecule has 0 aliphatic rings. The Hall–Kier alpha value is -2.15. The molecule has 14 heavy (non-hydrogen) atoms. The second-order valence-corrected chi connectivity index (χ2v) is 3.17. The lowest BCUT2D eigenvalue weighted by molar-refractivity contribution is 0.928. The van der Waals surface area contributed by atoms with E-state index in [1.165, 1.54) is 0 Å². The third-order valence-electron chi connectivity index (χ3n) is 2.17. The van der Waals surface area contributed by atoms with Crippen LogP contribution in [-0.4, -0.2) is 9.55 Å². The molecule has 0 fully saturated rings. The number of nitrogens with zero attached hydrogens (tertiary/aromatic N) is 2. The highest BCUT2D eigenvalue weighted by molar-refractivity contribution is 5.75. The average Bonchev–Trinajstić information content (AvgIpc) is 2.71. The van der Waals surface area contributed by atoms with Crippen molar-refractivity contribution in [1.29, 1.82) is 5.26 Å². The maximum atomic E-state index is 8.90. The molecule has 4 heteroatoms. The van der Waals surface area contributed by atoms with Gasteiger partial charge in [-0.1, -0.05) is 0 Å². The van der Waals surface area contributed by atoms with E-state index in [4.69, 9.17) is 11.0 Å². The van der Waals surface area contributed by atoms with Gasteiger partial charge < -0.3 is 15.3 Å². The standard InChI is InChI=1S/C10H10N4/c1-14-3-2-7(6-14)9-5-13-10(12)8(9)4-11/h2-3,5-6,13H,12H2,1H3. The second-order valence-electron chi connectivity index (χ2n) is 3.17. The van der Waals surface area contributed by atoms with Gasteiger partial charge in [-0.25, -0.2) is 0 Å². The van der Waals surface area contributed by atoms with E-state index in [1.54, 1.807) is 6.20 Å². The fourth-order valence-electron chi connectivity index (χ4n) is 1.45. The molecule has 0 aromatic carbocycles. The molecule has 0 bridgehead atoms. The van der Waals surface area contributed by atoms with Gasteiger partial charge in [0, 0.05) is 36.8 Å². The van der Waals surface area contributed by atoms with Crippen LogP contribution < -0.4 is 5.73 Å². The van der Waals surface area contributed by atoms with E-state index in [-0.39, 0.29) is 0 Å². The van der Waals surface area contributed by atoms with E-state index in [0.717, 1.165) is 11.1 Å². The summed E-state index contributed by atoms with van der Waals surface area (Å²) in [4.78, 5) is 2.84. The molecule has 0 amide bonds. The number of aryl methyl sites for hydroxylation is 1. The third kappa shape index (κ3) is 1.15. The monoisotopic (exact) mass is 186 g/mol. The first-order valence-electron chi connectivity index (χ1n) is 4.21. The summed E-state index contributed by atoms with van der Waals surface area (Å²) in [5.74, 6) is 0.423. The molecule has 4 nitrogen and oxygen atoms in total. The van der Waals surface area contributed by atoms with Crippen LogP contribution in [0.1, 0.15) is 5.56 Å². The summed E-state index contributed by atoms with van der Waals surface area (Å²) < 4.78 is 1.93. The van der Waals surface area contributed by atoms with Crippen molar-refractivity contribution in [2.45, 2.75) is 0 Å². The van der Waals surface area contributed by atoms with Gasteiger partial charge in [0.15, 0.2) is 0 Å². The molecule has 0 spiro atoms. The Bertz CT molecular complexity index is 498. The largest absolute Gasteiger partial charge is 0.384 e. The van der Waals surface area contributed by atoms with Crippen LogP contribution in [0.2, 0.25) is 0 Å². The van der Waals surface area contributed by atoms with Gasteiger partial charge in [0.2, 0.25) is 0 Å². The Morgan fingerprint density at radius 2 is 2.36 bits per heavy atom. The van der Waals surface area contributed by atoms with Gasteiger partial charge in [-0.2, -0.15) is 5.26 Å². The molecular weight excluding hydrogens is 176 g/mol. The van der Waals surface area contributed by atoms with E-state index in [2.05, 4.69) is 11.1 Å². The SMILES string of the molecule is Cn1ccc(-c2c[nH]c(N)c2C#N)c1. The first-order valence-corrected chi connectivity index (χ1v) is 4.21. The van der Waals surface area contributed by atoms with Crippen LogP contribution in [0.4, 0.5) is 5.82 Å². The van der Waals surface area contributed by atoms with Crippen LogP contribution in [0, 0.1) is 11.3 Å². The first kappa shape index (κ1) is 8.45. The molecule has 3 N–H and O–H groups in total. The number of hydrogen-bond acceptors (Lipinski definition) is 2. The van der Waals surface area contributed by atoms with E-state index < -0.39 is 0 Å². The zero-order chi connectivity index (χ0) is 10.1. The number of anilines is 1. The average molecular weight is 186 g/mol. The molecule has 0 atom stereocenters. The molecule has 2 aromatic heterocycles. The van der Waals surface area contributed by atoms with Crippen molar-refractivity contribution >= 4 is 5.82 Å². The van der Waals surface area contributed by atoms with Crippen LogP contribution in [0.5, 0.6) is 0 Å². The highest BCUT2D eigenvalue weighted by Crippen LogP contribution is 2.26. The van der Waals surface area contributed by atoms with Crippen LogP contribution in [0.3, 0.4) is 0 Å². The second kappa shape index (κ2) is 2.96.